The number of hydrogen-bond acceptors (Lipinski definition) is 6. The molecule has 1 aliphatic rings. The van der Waals surface area contributed by atoms with Gasteiger partial charge < -0.3 is 4.74 Å². The van der Waals surface area contributed by atoms with Crippen molar-refractivity contribution in [2.24, 2.45) is 0 Å². The second kappa shape index (κ2) is 9.44. The summed E-state index contributed by atoms with van der Waals surface area (Å²) in [5.74, 6) is -0.0755. The number of hydrogen-bond donors (Lipinski definition) is 1. The van der Waals surface area contributed by atoms with Gasteiger partial charge in [-0.25, -0.2) is 8.42 Å². The van der Waals surface area contributed by atoms with Crippen LogP contribution in [0.2, 0.25) is 0 Å². The fourth-order valence-corrected chi connectivity index (χ4v) is 5.12. The van der Waals surface area contributed by atoms with E-state index in [0.29, 0.717) is 18.3 Å². The number of methoxy groups -OCH3 is 1. The molecule has 0 aromatic heterocycles. The van der Waals surface area contributed by atoms with E-state index in [0.717, 1.165) is 30.5 Å². The van der Waals surface area contributed by atoms with Gasteiger partial charge in [-0.05, 0) is 37.6 Å². The molecule has 0 bridgehead atoms. The van der Waals surface area contributed by atoms with Crippen molar-refractivity contribution >= 4 is 21.4 Å². The van der Waals surface area contributed by atoms with Crippen LogP contribution in [0.3, 0.4) is 0 Å². The highest BCUT2D eigenvalue weighted by atomic mass is 32.2. The van der Waals surface area contributed by atoms with Gasteiger partial charge in [0.15, 0.2) is 0 Å². The van der Waals surface area contributed by atoms with Gasteiger partial charge in [-0.2, -0.15) is 0 Å². The average molecular weight is 434 g/mol. The summed E-state index contributed by atoms with van der Waals surface area (Å²) in [4.78, 5) is 12.5. The smallest absolute Gasteiger partial charge is 0.273 e. The van der Waals surface area contributed by atoms with Gasteiger partial charge in [0.1, 0.15) is 10.6 Å². The minimum atomic E-state index is -4.00. The van der Waals surface area contributed by atoms with Crippen LogP contribution in [-0.4, -0.2) is 38.4 Å². The third kappa shape index (κ3) is 5.09. The van der Waals surface area contributed by atoms with E-state index >= 15 is 0 Å². The van der Waals surface area contributed by atoms with Gasteiger partial charge in [0.2, 0.25) is 0 Å². The largest absolute Gasteiger partial charge is 0.495 e. The molecule has 162 valence electrons. The molecule has 9 heteroatoms. The molecule has 0 saturated heterocycles. The molecule has 1 N–H and O–H groups in total. The van der Waals surface area contributed by atoms with Crippen molar-refractivity contribution in [3.63, 3.8) is 0 Å². The fourth-order valence-electron chi connectivity index (χ4n) is 3.87. The number of nitrogens with one attached hydrogen (secondary N) is 1. The minimum Gasteiger partial charge on any atom is -0.495 e. The second-order valence-electron chi connectivity index (χ2n) is 7.56. The maximum absolute atomic E-state index is 13.0. The molecular weight excluding hydrogens is 406 g/mol. The van der Waals surface area contributed by atoms with Crippen molar-refractivity contribution in [2.75, 3.05) is 18.9 Å². The number of anilines is 1. The molecular formula is C21H27N3O5S. The topological polar surface area (TPSA) is 102 Å². The molecule has 0 amide bonds. The number of nitro groups is 1. The summed E-state index contributed by atoms with van der Waals surface area (Å²) in [5, 5.41) is 11.0. The summed E-state index contributed by atoms with van der Waals surface area (Å²) in [6.07, 6.45) is 6.04. The van der Waals surface area contributed by atoms with E-state index in [2.05, 4.69) is 16.7 Å². The summed E-state index contributed by atoms with van der Waals surface area (Å²) in [5.41, 5.74) is 1.12. The average Bonchev–Trinajstić information content (AvgIpc) is 2.75. The van der Waals surface area contributed by atoms with Crippen molar-refractivity contribution < 1.29 is 18.1 Å². The third-order valence-corrected chi connectivity index (χ3v) is 6.93. The van der Waals surface area contributed by atoms with Crippen molar-refractivity contribution in [1.29, 1.82) is 0 Å². The Balaban J connectivity index is 1.84. The number of non-ortho nitro benzene ring substituents is 1. The third-order valence-electron chi connectivity index (χ3n) is 5.53. The van der Waals surface area contributed by atoms with E-state index in [1.807, 2.05) is 12.1 Å². The first-order valence-electron chi connectivity index (χ1n) is 9.95. The molecule has 8 nitrogen and oxygen atoms in total. The van der Waals surface area contributed by atoms with Crippen LogP contribution in [-0.2, 0) is 16.6 Å². The fraction of sp³-hybridized carbons (Fsp3) is 0.429. The number of nitro benzene ring substituents is 1. The van der Waals surface area contributed by atoms with E-state index < -0.39 is 14.9 Å². The van der Waals surface area contributed by atoms with E-state index in [9.17, 15) is 18.5 Å². The molecule has 1 saturated carbocycles. The van der Waals surface area contributed by atoms with E-state index in [1.54, 1.807) is 12.1 Å². The van der Waals surface area contributed by atoms with Crippen molar-refractivity contribution in [3.05, 3.63) is 58.1 Å². The molecule has 1 fully saturated rings. The normalized spacial score (nSPS) is 15.2. The Bertz CT molecular complexity index is 1000. The van der Waals surface area contributed by atoms with Crippen molar-refractivity contribution in [3.8, 4) is 5.75 Å². The number of sulfonamides is 1. The van der Waals surface area contributed by atoms with Gasteiger partial charge in [-0.15, -0.1) is 0 Å². The van der Waals surface area contributed by atoms with Gasteiger partial charge in [-0.3, -0.25) is 19.7 Å². The lowest BCUT2D eigenvalue weighted by molar-refractivity contribution is -0.385. The molecule has 0 spiro atoms. The Morgan fingerprint density at radius 1 is 1.17 bits per heavy atom. The second-order valence-corrected chi connectivity index (χ2v) is 9.21. The Hall–Kier alpha value is -2.65. The van der Waals surface area contributed by atoms with Crippen molar-refractivity contribution in [1.82, 2.24) is 4.90 Å². The lowest BCUT2D eigenvalue weighted by atomic mass is 9.94. The number of nitrogens with zero attached hydrogens (tertiary/aromatic N) is 2. The first kappa shape index (κ1) is 22.0. The highest BCUT2D eigenvalue weighted by Gasteiger charge is 2.24. The molecule has 0 aliphatic heterocycles. The summed E-state index contributed by atoms with van der Waals surface area (Å²) in [6.45, 7) is 0.626. The molecule has 30 heavy (non-hydrogen) atoms. The van der Waals surface area contributed by atoms with Crippen LogP contribution < -0.4 is 9.46 Å². The summed E-state index contributed by atoms with van der Waals surface area (Å²) in [6, 6.07) is 11.2. The lowest BCUT2D eigenvalue weighted by Gasteiger charge is -2.31. The molecule has 2 aromatic carbocycles. The van der Waals surface area contributed by atoms with Crippen molar-refractivity contribution in [2.45, 2.75) is 49.6 Å². The molecule has 1 aliphatic carbocycles. The predicted molar refractivity (Wildman–Crippen MR) is 115 cm³/mol. The summed E-state index contributed by atoms with van der Waals surface area (Å²) < 4.78 is 33.8. The monoisotopic (exact) mass is 433 g/mol. The highest BCUT2D eigenvalue weighted by molar-refractivity contribution is 7.92. The lowest BCUT2D eigenvalue weighted by Crippen LogP contribution is -2.33. The van der Waals surface area contributed by atoms with E-state index in [1.165, 1.54) is 32.4 Å². The number of benzene rings is 2. The molecule has 0 unspecified atom stereocenters. The van der Waals surface area contributed by atoms with Crippen LogP contribution >= 0.6 is 0 Å². The van der Waals surface area contributed by atoms with Crippen LogP contribution in [0.1, 0.15) is 37.7 Å². The van der Waals surface area contributed by atoms with E-state index in [-0.39, 0.29) is 16.3 Å². The van der Waals surface area contributed by atoms with Crippen LogP contribution in [0, 0.1) is 10.1 Å². The Morgan fingerprint density at radius 3 is 2.53 bits per heavy atom. The van der Waals surface area contributed by atoms with Crippen LogP contribution in [0.5, 0.6) is 5.75 Å². The minimum absolute atomic E-state index is 0.0755. The highest BCUT2D eigenvalue weighted by Crippen LogP contribution is 2.31. The first-order chi connectivity index (χ1) is 14.3. The summed E-state index contributed by atoms with van der Waals surface area (Å²) in [7, 11) is -0.645. The zero-order valence-electron chi connectivity index (χ0n) is 17.2. The Labute approximate surface area is 177 Å². The Morgan fingerprint density at radius 2 is 1.87 bits per heavy atom. The van der Waals surface area contributed by atoms with E-state index in [4.69, 9.17) is 4.74 Å². The molecule has 0 heterocycles. The predicted octanol–water partition coefficient (Wildman–Crippen LogP) is 4.17. The van der Waals surface area contributed by atoms with Gasteiger partial charge in [-0.1, -0.05) is 37.5 Å². The van der Waals surface area contributed by atoms with Crippen LogP contribution in [0.15, 0.2) is 47.4 Å². The molecule has 0 atom stereocenters. The number of rotatable bonds is 8. The number of para-hydroxylation sites is 1. The van der Waals surface area contributed by atoms with Gasteiger partial charge in [0.05, 0.1) is 23.8 Å². The van der Waals surface area contributed by atoms with Crippen LogP contribution in [0.25, 0.3) is 0 Å². The molecule has 0 radical (unpaired) electrons. The maximum Gasteiger partial charge on any atom is 0.273 e. The standard InChI is InChI=1S/C21H27N3O5S/c1-23(17-9-4-3-5-10-17)15-16-8-6-7-11-19(16)22-30(27,28)21-13-12-18(24(25)26)14-20(21)29-2/h6-8,11-14,17,22H,3-5,9-10,15H2,1-2H3. The SMILES string of the molecule is COc1cc([N+](=O)[O-])ccc1S(=O)(=O)Nc1ccccc1CN(C)C1CCCCC1. The molecule has 3 rings (SSSR count). The zero-order chi connectivity index (χ0) is 21.7. The Kier molecular flexibility index (Phi) is 6.94. The first-order valence-corrected chi connectivity index (χ1v) is 11.4. The van der Waals surface area contributed by atoms with Crippen LogP contribution in [0.4, 0.5) is 11.4 Å². The zero-order valence-corrected chi connectivity index (χ0v) is 18.0. The van der Waals surface area contributed by atoms with Gasteiger partial charge in [0, 0.05) is 18.7 Å². The number of ether oxygens (including phenoxy) is 1. The quantitative estimate of drug-likeness (QED) is 0.495. The molecule has 2 aromatic rings. The summed E-state index contributed by atoms with van der Waals surface area (Å²) >= 11 is 0. The van der Waals surface area contributed by atoms with Gasteiger partial charge in [0.25, 0.3) is 15.7 Å². The van der Waals surface area contributed by atoms with Gasteiger partial charge >= 0.3 is 0 Å². The maximum atomic E-state index is 13.0.